The summed E-state index contributed by atoms with van der Waals surface area (Å²) in [6.45, 7) is 5.75. The first kappa shape index (κ1) is 14.2. The Kier molecular flexibility index (Phi) is 4.14. The fourth-order valence-corrected chi connectivity index (χ4v) is 1.87. The summed E-state index contributed by atoms with van der Waals surface area (Å²) in [5.74, 6) is -0.360. The van der Waals surface area contributed by atoms with Crippen LogP contribution in [0, 0.1) is 13.8 Å². The molecule has 2 aromatic rings. The molecule has 2 rings (SSSR count). The van der Waals surface area contributed by atoms with E-state index in [-0.39, 0.29) is 23.8 Å². The van der Waals surface area contributed by atoms with Crippen LogP contribution in [0.2, 0.25) is 0 Å². The van der Waals surface area contributed by atoms with E-state index in [2.05, 4.69) is 10.3 Å². The second-order valence-corrected chi connectivity index (χ2v) is 4.50. The van der Waals surface area contributed by atoms with Crippen molar-refractivity contribution in [2.24, 2.45) is 0 Å². The number of hydrogen-bond donors (Lipinski definition) is 1. The fourth-order valence-electron chi connectivity index (χ4n) is 1.87. The average molecular weight is 275 g/mol. The predicted octanol–water partition coefficient (Wildman–Crippen LogP) is 1.29. The molecule has 0 aliphatic carbocycles. The van der Waals surface area contributed by atoms with E-state index in [0.717, 1.165) is 5.56 Å². The number of pyridine rings is 1. The first-order valence-electron chi connectivity index (χ1n) is 6.40. The Morgan fingerprint density at radius 3 is 2.85 bits per heavy atom. The number of aryl methyl sites for hydroxylation is 2. The van der Waals surface area contributed by atoms with Gasteiger partial charge in [-0.05, 0) is 32.4 Å². The van der Waals surface area contributed by atoms with E-state index in [4.69, 9.17) is 4.74 Å². The standard InChI is InChI=1S/C14H17N3O3/c1-4-20-8-12(18)16-13-10(3)15-11-6-5-9(2)7-17(11)14(13)19/h5-7H,4,8H2,1-3H3,(H,16,18). The van der Waals surface area contributed by atoms with Crippen molar-refractivity contribution in [2.45, 2.75) is 20.8 Å². The van der Waals surface area contributed by atoms with Gasteiger partial charge >= 0.3 is 0 Å². The summed E-state index contributed by atoms with van der Waals surface area (Å²) in [6.07, 6.45) is 1.70. The van der Waals surface area contributed by atoms with E-state index in [1.807, 2.05) is 13.0 Å². The highest BCUT2D eigenvalue weighted by Gasteiger charge is 2.12. The molecule has 0 saturated carbocycles. The summed E-state index contributed by atoms with van der Waals surface area (Å²) in [5, 5.41) is 2.57. The molecule has 0 aliphatic rings. The van der Waals surface area contributed by atoms with Crippen molar-refractivity contribution in [3.8, 4) is 0 Å². The van der Waals surface area contributed by atoms with E-state index in [9.17, 15) is 9.59 Å². The van der Waals surface area contributed by atoms with Crippen molar-refractivity contribution >= 4 is 17.2 Å². The van der Waals surface area contributed by atoms with Gasteiger partial charge in [0.1, 0.15) is 17.9 Å². The summed E-state index contributed by atoms with van der Waals surface area (Å²) in [4.78, 5) is 28.4. The van der Waals surface area contributed by atoms with Gasteiger partial charge in [-0.2, -0.15) is 0 Å². The number of rotatable bonds is 4. The van der Waals surface area contributed by atoms with E-state index in [1.165, 1.54) is 4.40 Å². The van der Waals surface area contributed by atoms with Gasteiger partial charge in [0.2, 0.25) is 0 Å². The SMILES string of the molecule is CCOCC(=O)Nc1c(C)nc2ccc(C)cn2c1=O. The lowest BCUT2D eigenvalue weighted by atomic mass is 10.3. The van der Waals surface area contributed by atoms with Gasteiger partial charge in [-0.3, -0.25) is 14.0 Å². The van der Waals surface area contributed by atoms with Crippen molar-refractivity contribution < 1.29 is 9.53 Å². The first-order chi connectivity index (χ1) is 9.52. The molecule has 2 heterocycles. The maximum absolute atomic E-state index is 12.4. The molecule has 6 nitrogen and oxygen atoms in total. The number of nitrogens with one attached hydrogen (secondary N) is 1. The number of hydrogen-bond acceptors (Lipinski definition) is 4. The summed E-state index contributed by atoms with van der Waals surface area (Å²) >= 11 is 0. The second-order valence-electron chi connectivity index (χ2n) is 4.50. The van der Waals surface area contributed by atoms with E-state index >= 15 is 0 Å². The molecule has 0 atom stereocenters. The van der Waals surface area contributed by atoms with Crippen molar-refractivity contribution in [3.05, 3.63) is 39.9 Å². The molecule has 0 aromatic carbocycles. The third-order valence-corrected chi connectivity index (χ3v) is 2.85. The summed E-state index contributed by atoms with van der Waals surface area (Å²) in [7, 11) is 0. The van der Waals surface area contributed by atoms with Gasteiger partial charge in [0.05, 0.1) is 5.69 Å². The van der Waals surface area contributed by atoms with Gasteiger partial charge in [-0.25, -0.2) is 4.98 Å². The molecule has 1 amide bonds. The number of aromatic nitrogens is 2. The zero-order chi connectivity index (χ0) is 14.7. The van der Waals surface area contributed by atoms with E-state index < -0.39 is 0 Å². The Morgan fingerprint density at radius 2 is 2.15 bits per heavy atom. The van der Waals surface area contributed by atoms with Crippen molar-refractivity contribution in [3.63, 3.8) is 0 Å². The van der Waals surface area contributed by atoms with Crippen LogP contribution in [-0.4, -0.2) is 28.5 Å². The lowest BCUT2D eigenvalue weighted by Crippen LogP contribution is -2.27. The fraction of sp³-hybridized carbons (Fsp3) is 0.357. The first-order valence-corrected chi connectivity index (χ1v) is 6.40. The van der Waals surface area contributed by atoms with Crippen LogP contribution in [0.1, 0.15) is 18.2 Å². The molecular weight excluding hydrogens is 258 g/mol. The van der Waals surface area contributed by atoms with Gasteiger partial charge < -0.3 is 10.1 Å². The molecule has 0 spiro atoms. The zero-order valence-electron chi connectivity index (χ0n) is 11.8. The van der Waals surface area contributed by atoms with E-state index in [0.29, 0.717) is 17.9 Å². The van der Waals surface area contributed by atoms with Crippen LogP contribution in [0.25, 0.3) is 5.65 Å². The van der Waals surface area contributed by atoms with E-state index in [1.54, 1.807) is 26.1 Å². The van der Waals surface area contributed by atoms with Gasteiger partial charge in [0.15, 0.2) is 0 Å². The molecule has 0 bridgehead atoms. The number of carbonyl (C=O) groups is 1. The van der Waals surface area contributed by atoms with Crippen LogP contribution in [0.3, 0.4) is 0 Å². The quantitative estimate of drug-likeness (QED) is 0.912. The number of anilines is 1. The predicted molar refractivity (Wildman–Crippen MR) is 76.1 cm³/mol. The molecule has 6 heteroatoms. The van der Waals surface area contributed by atoms with Gasteiger partial charge in [-0.1, -0.05) is 6.07 Å². The van der Waals surface area contributed by atoms with Gasteiger partial charge in [-0.15, -0.1) is 0 Å². The van der Waals surface area contributed by atoms with Crippen LogP contribution >= 0.6 is 0 Å². The van der Waals surface area contributed by atoms with Gasteiger partial charge in [0, 0.05) is 12.8 Å². The Labute approximate surface area is 116 Å². The Hall–Kier alpha value is -2.21. The highest BCUT2D eigenvalue weighted by Crippen LogP contribution is 2.09. The summed E-state index contributed by atoms with van der Waals surface area (Å²) < 4.78 is 6.44. The molecule has 0 radical (unpaired) electrons. The number of ether oxygens (including phenoxy) is 1. The molecular formula is C14H17N3O3. The van der Waals surface area contributed by atoms with Crippen LogP contribution in [0.15, 0.2) is 23.1 Å². The lowest BCUT2D eigenvalue weighted by molar-refractivity contribution is -0.120. The van der Waals surface area contributed by atoms with Crippen molar-refractivity contribution in [1.82, 2.24) is 9.38 Å². The molecule has 20 heavy (non-hydrogen) atoms. The highest BCUT2D eigenvalue weighted by atomic mass is 16.5. The second kappa shape index (κ2) is 5.83. The molecule has 0 fully saturated rings. The number of fused-ring (bicyclic) bond motifs is 1. The van der Waals surface area contributed by atoms with Crippen LogP contribution in [0.5, 0.6) is 0 Å². The molecule has 0 aliphatic heterocycles. The summed E-state index contributed by atoms with van der Waals surface area (Å²) in [5.41, 5.74) is 1.89. The zero-order valence-corrected chi connectivity index (χ0v) is 11.8. The molecule has 0 unspecified atom stereocenters. The maximum atomic E-state index is 12.4. The Balaban J connectivity index is 2.43. The third kappa shape index (κ3) is 2.85. The van der Waals surface area contributed by atoms with Crippen LogP contribution < -0.4 is 10.9 Å². The maximum Gasteiger partial charge on any atom is 0.281 e. The van der Waals surface area contributed by atoms with Crippen molar-refractivity contribution in [2.75, 3.05) is 18.5 Å². The molecule has 0 saturated heterocycles. The van der Waals surface area contributed by atoms with Crippen molar-refractivity contribution in [1.29, 1.82) is 0 Å². The Morgan fingerprint density at radius 1 is 1.40 bits per heavy atom. The minimum atomic E-state index is -0.360. The number of carbonyl (C=O) groups excluding carboxylic acids is 1. The largest absolute Gasteiger partial charge is 0.372 e. The molecule has 106 valence electrons. The topological polar surface area (TPSA) is 72.7 Å². The lowest BCUT2D eigenvalue weighted by Gasteiger charge is -2.10. The normalized spacial score (nSPS) is 10.8. The average Bonchev–Trinajstić information content (AvgIpc) is 2.42. The highest BCUT2D eigenvalue weighted by molar-refractivity contribution is 5.92. The van der Waals surface area contributed by atoms with Gasteiger partial charge in [0.25, 0.3) is 11.5 Å². The summed E-state index contributed by atoms with van der Waals surface area (Å²) in [6, 6.07) is 3.66. The Bertz CT molecular complexity index is 707. The molecule has 2 aromatic heterocycles. The van der Waals surface area contributed by atoms with Crippen LogP contribution in [-0.2, 0) is 9.53 Å². The minimum absolute atomic E-state index is 0.0775. The third-order valence-electron chi connectivity index (χ3n) is 2.85. The number of amides is 1. The minimum Gasteiger partial charge on any atom is -0.372 e. The monoisotopic (exact) mass is 275 g/mol. The molecule has 1 N–H and O–H groups in total. The smallest absolute Gasteiger partial charge is 0.281 e. The van der Waals surface area contributed by atoms with Crippen LogP contribution in [0.4, 0.5) is 5.69 Å². The number of nitrogens with zero attached hydrogens (tertiary/aromatic N) is 2.